The van der Waals surface area contributed by atoms with E-state index in [-0.39, 0.29) is 18.5 Å². The molecule has 19 heavy (non-hydrogen) atoms. The lowest BCUT2D eigenvalue weighted by Gasteiger charge is -2.26. The molecule has 3 rings (SSSR count). The highest BCUT2D eigenvalue weighted by molar-refractivity contribution is 5.76. The van der Waals surface area contributed by atoms with Crippen LogP contribution in [0.2, 0.25) is 0 Å². The Bertz CT molecular complexity index is 566. The zero-order chi connectivity index (χ0) is 13.1. The summed E-state index contributed by atoms with van der Waals surface area (Å²) in [5.41, 5.74) is 2.57. The van der Waals surface area contributed by atoms with Gasteiger partial charge in [-0.25, -0.2) is 4.68 Å². The largest absolute Gasteiger partial charge is 0.348 e. The first-order valence-corrected chi connectivity index (χ1v) is 6.41. The van der Waals surface area contributed by atoms with Crippen LogP contribution in [0.4, 0.5) is 0 Å². The predicted molar refractivity (Wildman–Crippen MR) is 68.1 cm³/mol. The Morgan fingerprint density at radius 1 is 1.42 bits per heavy atom. The van der Waals surface area contributed by atoms with Crippen molar-refractivity contribution in [3.63, 3.8) is 0 Å². The van der Waals surface area contributed by atoms with Gasteiger partial charge in [0.1, 0.15) is 12.9 Å². The second-order valence-corrected chi connectivity index (χ2v) is 4.72. The number of benzene rings is 1. The number of nitrogens with one attached hydrogen (secondary N) is 1. The molecule has 98 valence electrons. The van der Waals surface area contributed by atoms with E-state index in [9.17, 15) is 4.79 Å². The van der Waals surface area contributed by atoms with E-state index in [1.165, 1.54) is 22.1 Å². The van der Waals surface area contributed by atoms with Crippen molar-refractivity contribution in [2.45, 2.75) is 31.8 Å². The Kier molecular flexibility index (Phi) is 3.22. The fourth-order valence-electron chi connectivity index (χ4n) is 2.54. The van der Waals surface area contributed by atoms with Crippen LogP contribution in [0.1, 0.15) is 30.0 Å². The van der Waals surface area contributed by atoms with E-state index < -0.39 is 0 Å². The highest BCUT2D eigenvalue weighted by Gasteiger charge is 2.21. The Hall–Kier alpha value is -2.24. The molecular formula is C13H15N5O. The molecule has 0 radical (unpaired) electrons. The fraction of sp³-hybridized carbons (Fsp3) is 0.385. The second kappa shape index (κ2) is 5.17. The van der Waals surface area contributed by atoms with Crippen LogP contribution < -0.4 is 5.32 Å². The summed E-state index contributed by atoms with van der Waals surface area (Å²) < 4.78 is 1.42. The molecule has 1 aromatic heterocycles. The standard InChI is InChI=1S/C13H15N5O/c19-13(8-18-9-14-16-17-18)15-12-7-3-5-10-4-1-2-6-11(10)12/h1-2,4,6,9,12H,3,5,7-8H2,(H,15,19)/t12-/m1/s1. The second-order valence-electron chi connectivity index (χ2n) is 4.72. The van der Waals surface area contributed by atoms with Crippen molar-refractivity contribution < 1.29 is 4.79 Å². The van der Waals surface area contributed by atoms with Crippen LogP contribution in [0.15, 0.2) is 30.6 Å². The fourth-order valence-corrected chi connectivity index (χ4v) is 2.54. The van der Waals surface area contributed by atoms with Crippen molar-refractivity contribution >= 4 is 5.91 Å². The summed E-state index contributed by atoms with van der Waals surface area (Å²) in [4.78, 5) is 12.0. The first-order valence-electron chi connectivity index (χ1n) is 6.41. The molecule has 1 heterocycles. The Labute approximate surface area is 110 Å². The van der Waals surface area contributed by atoms with E-state index in [4.69, 9.17) is 0 Å². The highest BCUT2D eigenvalue weighted by atomic mass is 16.2. The average molecular weight is 257 g/mol. The van der Waals surface area contributed by atoms with Crippen molar-refractivity contribution in [3.8, 4) is 0 Å². The van der Waals surface area contributed by atoms with Crippen LogP contribution in [0.25, 0.3) is 0 Å². The lowest BCUT2D eigenvalue weighted by atomic mass is 9.88. The van der Waals surface area contributed by atoms with Crippen molar-refractivity contribution in [2.24, 2.45) is 0 Å². The summed E-state index contributed by atoms with van der Waals surface area (Å²) in [5, 5.41) is 13.8. The molecule has 1 aliphatic rings. The minimum absolute atomic E-state index is 0.0611. The van der Waals surface area contributed by atoms with Gasteiger partial charge < -0.3 is 5.32 Å². The molecule has 1 aromatic carbocycles. The maximum atomic E-state index is 12.0. The molecule has 6 heteroatoms. The molecule has 1 atom stereocenters. The number of hydrogen-bond acceptors (Lipinski definition) is 4. The lowest BCUT2D eigenvalue weighted by Crippen LogP contribution is -2.33. The number of carbonyl (C=O) groups is 1. The Balaban J connectivity index is 1.69. The minimum Gasteiger partial charge on any atom is -0.348 e. The summed E-state index contributed by atoms with van der Waals surface area (Å²) in [5.74, 6) is -0.0611. The monoisotopic (exact) mass is 257 g/mol. The van der Waals surface area contributed by atoms with Crippen LogP contribution in [-0.4, -0.2) is 26.1 Å². The van der Waals surface area contributed by atoms with Crippen LogP contribution in [0.3, 0.4) is 0 Å². The number of tetrazole rings is 1. The van der Waals surface area contributed by atoms with Crippen LogP contribution in [0, 0.1) is 0 Å². The molecule has 0 saturated heterocycles. The summed E-state index contributed by atoms with van der Waals surface area (Å²) in [6.45, 7) is 0.158. The van der Waals surface area contributed by atoms with Gasteiger partial charge in [-0.05, 0) is 40.8 Å². The van der Waals surface area contributed by atoms with Crippen molar-refractivity contribution in [1.29, 1.82) is 0 Å². The highest BCUT2D eigenvalue weighted by Crippen LogP contribution is 2.29. The molecule has 6 nitrogen and oxygen atoms in total. The quantitative estimate of drug-likeness (QED) is 0.885. The van der Waals surface area contributed by atoms with Crippen LogP contribution in [0.5, 0.6) is 0 Å². The predicted octanol–water partition coefficient (Wildman–Crippen LogP) is 0.867. The molecular weight excluding hydrogens is 242 g/mol. The van der Waals surface area contributed by atoms with Gasteiger partial charge in [-0.1, -0.05) is 24.3 Å². The molecule has 0 bridgehead atoms. The summed E-state index contributed by atoms with van der Waals surface area (Å²) in [6, 6.07) is 8.40. The van der Waals surface area contributed by atoms with E-state index in [1.54, 1.807) is 0 Å². The zero-order valence-electron chi connectivity index (χ0n) is 10.5. The van der Waals surface area contributed by atoms with Crippen molar-refractivity contribution in [3.05, 3.63) is 41.7 Å². The topological polar surface area (TPSA) is 72.7 Å². The van der Waals surface area contributed by atoms with Gasteiger partial charge in [0.2, 0.25) is 5.91 Å². The van der Waals surface area contributed by atoms with Gasteiger partial charge in [0.15, 0.2) is 0 Å². The van der Waals surface area contributed by atoms with Gasteiger partial charge in [-0.2, -0.15) is 0 Å². The zero-order valence-corrected chi connectivity index (χ0v) is 10.5. The molecule has 0 aliphatic heterocycles. The summed E-state index contributed by atoms with van der Waals surface area (Å²) in [7, 11) is 0. The minimum atomic E-state index is -0.0611. The Morgan fingerprint density at radius 2 is 2.32 bits per heavy atom. The van der Waals surface area contributed by atoms with Gasteiger partial charge in [-0.15, -0.1) is 5.10 Å². The molecule has 0 fully saturated rings. The number of rotatable bonds is 3. The van der Waals surface area contributed by atoms with Crippen molar-refractivity contribution in [1.82, 2.24) is 25.5 Å². The normalized spacial score (nSPS) is 17.8. The number of fused-ring (bicyclic) bond motifs is 1. The number of carbonyl (C=O) groups excluding carboxylic acids is 1. The van der Waals surface area contributed by atoms with Crippen LogP contribution in [-0.2, 0) is 17.8 Å². The van der Waals surface area contributed by atoms with E-state index >= 15 is 0 Å². The maximum absolute atomic E-state index is 12.0. The molecule has 0 unspecified atom stereocenters. The lowest BCUT2D eigenvalue weighted by molar-refractivity contribution is -0.122. The molecule has 0 saturated carbocycles. The molecule has 1 N–H and O–H groups in total. The first kappa shape index (κ1) is 11.8. The number of hydrogen-bond donors (Lipinski definition) is 1. The third-order valence-corrected chi connectivity index (χ3v) is 3.40. The van der Waals surface area contributed by atoms with Crippen molar-refractivity contribution in [2.75, 3.05) is 0 Å². The van der Waals surface area contributed by atoms with Gasteiger partial charge in [0, 0.05) is 0 Å². The van der Waals surface area contributed by atoms with E-state index in [0.717, 1.165) is 19.3 Å². The third kappa shape index (κ3) is 2.62. The number of aromatic nitrogens is 4. The molecule has 1 amide bonds. The summed E-state index contributed by atoms with van der Waals surface area (Å²) in [6.07, 6.45) is 4.62. The molecule has 0 spiro atoms. The first-order chi connectivity index (χ1) is 9.33. The number of nitrogens with zero attached hydrogens (tertiary/aromatic N) is 4. The van der Waals surface area contributed by atoms with E-state index in [0.29, 0.717) is 0 Å². The Morgan fingerprint density at radius 3 is 3.16 bits per heavy atom. The summed E-state index contributed by atoms with van der Waals surface area (Å²) >= 11 is 0. The smallest absolute Gasteiger partial charge is 0.242 e. The van der Waals surface area contributed by atoms with Crippen LogP contribution >= 0.6 is 0 Å². The molecule has 1 aliphatic carbocycles. The average Bonchev–Trinajstić information content (AvgIpc) is 2.92. The van der Waals surface area contributed by atoms with Gasteiger partial charge in [-0.3, -0.25) is 4.79 Å². The van der Waals surface area contributed by atoms with Gasteiger partial charge >= 0.3 is 0 Å². The van der Waals surface area contributed by atoms with E-state index in [1.807, 2.05) is 12.1 Å². The third-order valence-electron chi connectivity index (χ3n) is 3.40. The van der Waals surface area contributed by atoms with E-state index in [2.05, 4.69) is 33.0 Å². The number of amides is 1. The maximum Gasteiger partial charge on any atom is 0.242 e. The SMILES string of the molecule is O=C(Cn1cnnn1)N[C@@H]1CCCc2ccccc21. The molecule has 2 aromatic rings. The van der Waals surface area contributed by atoms with Gasteiger partial charge in [0.25, 0.3) is 0 Å². The van der Waals surface area contributed by atoms with Gasteiger partial charge in [0.05, 0.1) is 6.04 Å². The number of aryl methyl sites for hydroxylation is 1.